The Morgan fingerprint density at radius 1 is 1.00 bits per heavy atom. The lowest BCUT2D eigenvalue weighted by Gasteiger charge is -2.39. The van der Waals surface area contributed by atoms with E-state index in [0.29, 0.717) is 0 Å². The van der Waals surface area contributed by atoms with Crippen LogP contribution in [0.5, 0.6) is 0 Å². The molecule has 1 aliphatic heterocycles. The van der Waals surface area contributed by atoms with Gasteiger partial charge < -0.3 is 5.32 Å². The van der Waals surface area contributed by atoms with Crippen LogP contribution >= 0.6 is 0 Å². The van der Waals surface area contributed by atoms with Crippen molar-refractivity contribution in [2.45, 2.75) is 57.5 Å². The lowest BCUT2D eigenvalue weighted by molar-refractivity contribution is 0.182. The van der Waals surface area contributed by atoms with Crippen LogP contribution in [0.2, 0.25) is 0 Å². The molecule has 2 fully saturated rings. The van der Waals surface area contributed by atoms with Gasteiger partial charge in [0.15, 0.2) is 0 Å². The highest BCUT2D eigenvalue weighted by atomic mass is 15.0. The Balaban J connectivity index is 1.93. The van der Waals surface area contributed by atoms with Crippen molar-refractivity contribution in [2.24, 2.45) is 5.92 Å². The number of hydrogen-bond donors (Lipinski definition) is 1. The molecule has 0 aromatic heterocycles. The predicted molar refractivity (Wildman–Crippen MR) is 47.6 cm³/mol. The largest absolute Gasteiger partial charge is 0.311 e. The molecule has 1 heteroatoms. The average Bonchev–Trinajstić information content (AvgIpc) is 2.04. The number of hydrogen-bond acceptors (Lipinski definition) is 1. The molecule has 1 saturated heterocycles. The van der Waals surface area contributed by atoms with Gasteiger partial charge in [0, 0.05) is 12.1 Å². The minimum atomic E-state index is 0.786. The fourth-order valence-electron chi connectivity index (χ4n) is 2.69. The van der Waals surface area contributed by atoms with Crippen LogP contribution in [0.1, 0.15) is 45.4 Å². The van der Waals surface area contributed by atoms with Crippen molar-refractivity contribution in [1.29, 1.82) is 0 Å². The van der Waals surface area contributed by atoms with Crippen molar-refractivity contribution >= 4 is 0 Å². The molecule has 1 nitrogen and oxygen atoms in total. The van der Waals surface area contributed by atoms with E-state index < -0.39 is 0 Å². The van der Waals surface area contributed by atoms with E-state index in [-0.39, 0.29) is 0 Å². The monoisotopic (exact) mass is 153 g/mol. The summed E-state index contributed by atoms with van der Waals surface area (Å²) < 4.78 is 0. The molecule has 0 spiro atoms. The molecule has 1 heterocycles. The van der Waals surface area contributed by atoms with Crippen LogP contribution in [-0.2, 0) is 0 Å². The zero-order valence-corrected chi connectivity index (χ0v) is 7.47. The molecule has 0 unspecified atom stereocenters. The second kappa shape index (κ2) is 3.14. The van der Waals surface area contributed by atoms with Gasteiger partial charge in [0.2, 0.25) is 0 Å². The second-order valence-corrected chi connectivity index (χ2v) is 4.30. The van der Waals surface area contributed by atoms with Gasteiger partial charge in [-0.2, -0.15) is 0 Å². The number of fused-ring (bicyclic) bond motifs is 1. The Morgan fingerprint density at radius 2 is 1.82 bits per heavy atom. The lowest BCUT2D eigenvalue weighted by atomic mass is 9.78. The van der Waals surface area contributed by atoms with Crippen LogP contribution in [0.3, 0.4) is 0 Å². The molecule has 0 aromatic rings. The Morgan fingerprint density at radius 3 is 2.73 bits per heavy atom. The first kappa shape index (κ1) is 7.60. The molecule has 1 N–H and O–H groups in total. The summed E-state index contributed by atoms with van der Waals surface area (Å²) in [7, 11) is 0. The van der Waals surface area contributed by atoms with E-state index in [4.69, 9.17) is 0 Å². The van der Waals surface area contributed by atoms with Gasteiger partial charge in [0.05, 0.1) is 0 Å². The fourth-order valence-corrected chi connectivity index (χ4v) is 2.69. The topological polar surface area (TPSA) is 12.0 Å². The Kier molecular flexibility index (Phi) is 2.17. The summed E-state index contributed by atoms with van der Waals surface area (Å²) in [6.07, 6.45) is 8.76. The van der Waals surface area contributed by atoms with E-state index in [0.717, 1.165) is 18.0 Å². The number of rotatable bonds is 0. The SMILES string of the molecule is C[C@H]1CC[C@@H]2CCCC[C@H]2N1. The van der Waals surface area contributed by atoms with Gasteiger partial charge in [0.25, 0.3) is 0 Å². The van der Waals surface area contributed by atoms with Crippen molar-refractivity contribution in [1.82, 2.24) is 5.32 Å². The summed E-state index contributed by atoms with van der Waals surface area (Å²) in [4.78, 5) is 0. The average molecular weight is 153 g/mol. The molecule has 0 bridgehead atoms. The molecule has 1 saturated carbocycles. The molecular formula is C10H19N. The van der Waals surface area contributed by atoms with Crippen molar-refractivity contribution in [3.05, 3.63) is 0 Å². The van der Waals surface area contributed by atoms with E-state index in [1.165, 1.54) is 38.5 Å². The third-order valence-electron chi connectivity index (χ3n) is 3.38. The highest BCUT2D eigenvalue weighted by Gasteiger charge is 2.29. The second-order valence-electron chi connectivity index (χ2n) is 4.30. The van der Waals surface area contributed by atoms with Gasteiger partial charge in [-0.05, 0) is 38.5 Å². The molecule has 3 atom stereocenters. The molecule has 0 radical (unpaired) electrons. The minimum Gasteiger partial charge on any atom is -0.311 e. The van der Waals surface area contributed by atoms with Crippen molar-refractivity contribution in [3.8, 4) is 0 Å². The third-order valence-corrected chi connectivity index (χ3v) is 3.38. The molecular weight excluding hydrogens is 134 g/mol. The number of nitrogens with one attached hydrogen (secondary N) is 1. The maximum atomic E-state index is 3.72. The Bertz CT molecular complexity index is 133. The maximum Gasteiger partial charge on any atom is 0.00978 e. The van der Waals surface area contributed by atoms with Crippen LogP contribution in [0, 0.1) is 5.92 Å². The van der Waals surface area contributed by atoms with E-state index >= 15 is 0 Å². The van der Waals surface area contributed by atoms with E-state index in [9.17, 15) is 0 Å². The van der Waals surface area contributed by atoms with Crippen molar-refractivity contribution in [3.63, 3.8) is 0 Å². The van der Waals surface area contributed by atoms with Gasteiger partial charge in [0.1, 0.15) is 0 Å². The molecule has 0 aromatic carbocycles. The first-order valence-corrected chi connectivity index (χ1v) is 5.12. The quantitative estimate of drug-likeness (QED) is 0.563. The first-order chi connectivity index (χ1) is 5.36. The maximum absolute atomic E-state index is 3.72. The highest BCUT2D eigenvalue weighted by Crippen LogP contribution is 2.31. The summed E-state index contributed by atoms with van der Waals surface area (Å²) in [5.41, 5.74) is 0. The van der Waals surface area contributed by atoms with Gasteiger partial charge in [-0.1, -0.05) is 12.8 Å². The molecule has 0 amide bonds. The third kappa shape index (κ3) is 1.58. The minimum absolute atomic E-state index is 0.786. The number of piperidine rings is 1. The van der Waals surface area contributed by atoms with Crippen LogP contribution in [0.25, 0.3) is 0 Å². The van der Waals surface area contributed by atoms with E-state index in [2.05, 4.69) is 12.2 Å². The predicted octanol–water partition coefficient (Wildman–Crippen LogP) is 2.32. The van der Waals surface area contributed by atoms with Gasteiger partial charge in [-0.25, -0.2) is 0 Å². The molecule has 11 heavy (non-hydrogen) atoms. The van der Waals surface area contributed by atoms with Crippen molar-refractivity contribution < 1.29 is 0 Å². The molecule has 1 aliphatic carbocycles. The van der Waals surface area contributed by atoms with E-state index in [1.807, 2.05) is 0 Å². The summed E-state index contributed by atoms with van der Waals surface area (Å²) in [5, 5.41) is 3.72. The summed E-state index contributed by atoms with van der Waals surface area (Å²) in [5.74, 6) is 1.03. The zero-order chi connectivity index (χ0) is 7.68. The van der Waals surface area contributed by atoms with Crippen LogP contribution < -0.4 is 5.32 Å². The molecule has 2 rings (SSSR count). The first-order valence-electron chi connectivity index (χ1n) is 5.12. The van der Waals surface area contributed by atoms with Crippen molar-refractivity contribution in [2.75, 3.05) is 0 Å². The van der Waals surface area contributed by atoms with E-state index in [1.54, 1.807) is 0 Å². The highest BCUT2D eigenvalue weighted by molar-refractivity contribution is 4.87. The molecule has 2 aliphatic rings. The fraction of sp³-hybridized carbons (Fsp3) is 1.00. The van der Waals surface area contributed by atoms with Crippen LogP contribution in [0.4, 0.5) is 0 Å². The summed E-state index contributed by atoms with van der Waals surface area (Å²) in [6, 6.07) is 1.67. The summed E-state index contributed by atoms with van der Waals surface area (Å²) >= 11 is 0. The Labute approximate surface area is 69.6 Å². The zero-order valence-electron chi connectivity index (χ0n) is 7.47. The van der Waals surface area contributed by atoms with Gasteiger partial charge in [-0.3, -0.25) is 0 Å². The molecule has 64 valence electrons. The van der Waals surface area contributed by atoms with Gasteiger partial charge in [-0.15, -0.1) is 0 Å². The van der Waals surface area contributed by atoms with Crippen LogP contribution in [-0.4, -0.2) is 12.1 Å². The standard InChI is InChI=1S/C10H19N/c1-8-6-7-9-4-2-3-5-10(9)11-8/h8-11H,2-7H2,1H3/t8-,9-,10+/m0/s1. The smallest absolute Gasteiger partial charge is 0.00978 e. The summed E-state index contributed by atoms with van der Waals surface area (Å²) in [6.45, 7) is 2.32. The normalized spacial score (nSPS) is 45.0. The Hall–Kier alpha value is -0.0400. The van der Waals surface area contributed by atoms with Gasteiger partial charge >= 0.3 is 0 Å². The van der Waals surface area contributed by atoms with Crippen LogP contribution in [0.15, 0.2) is 0 Å². The lowest BCUT2D eigenvalue weighted by Crippen LogP contribution is -2.47.